The molecule has 0 fully saturated rings. The third kappa shape index (κ3) is 4.20. The molecule has 0 aliphatic carbocycles. The van der Waals surface area contributed by atoms with Gasteiger partial charge in [0, 0.05) is 0 Å². The predicted molar refractivity (Wildman–Crippen MR) is 83.7 cm³/mol. The summed E-state index contributed by atoms with van der Waals surface area (Å²) < 4.78 is 39.1. The number of nitro groups is 1. The number of benzene rings is 1. The number of rotatable bonds is 4. The number of aromatic nitrogens is 2. The van der Waals surface area contributed by atoms with E-state index in [0.29, 0.717) is 6.07 Å². The maximum Gasteiger partial charge on any atom is 0.416 e. The number of anilines is 1. The van der Waals surface area contributed by atoms with Crippen molar-refractivity contribution in [1.29, 1.82) is 0 Å². The van der Waals surface area contributed by atoms with Crippen molar-refractivity contribution in [2.75, 3.05) is 5.32 Å². The second kappa shape index (κ2) is 6.89. The molecular formula is C13H9Cl2F3N4O3. The first-order valence-corrected chi connectivity index (χ1v) is 7.30. The van der Waals surface area contributed by atoms with Crippen LogP contribution in [0.5, 0.6) is 0 Å². The Morgan fingerprint density at radius 1 is 1.40 bits per heavy atom. The highest BCUT2D eigenvalue weighted by Gasteiger charge is 2.31. The summed E-state index contributed by atoms with van der Waals surface area (Å²) in [6, 6.07) is 2.46. The topological polar surface area (TPSA) is 90.1 Å². The van der Waals surface area contributed by atoms with Gasteiger partial charge in [0.25, 0.3) is 0 Å². The number of carbonyl (C=O) groups excluding carboxylic acids is 1. The minimum absolute atomic E-state index is 0.0949. The van der Waals surface area contributed by atoms with Gasteiger partial charge in [0.1, 0.15) is 6.54 Å². The zero-order valence-electron chi connectivity index (χ0n) is 12.4. The Morgan fingerprint density at radius 2 is 2.04 bits per heavy atom. The van der Waals surface area contributed by atoms with Gasteiger partial charge in [0.2, 0.25) is 5.91 Å². The van der Waals surface area contributed by atoms with Crippen LogP contribution in [0.2, 0.25) is 10.0 Å². The molecule has 25 heavy (non-hydrogen) atoms. The van der Waals surface area contributed by atoms with Gasteiger partial charge in [-0.05, 0) is 30.0 Å². The lowest BCUT2D eigenvalue weighted by Gasteiger charge is -2.11. The fraction of sp³-hybridized carbons (Fsp3) is 0.231. The first-order valence-electron chi connectivity index (χ1n) is 6.54. The van der Waals surface area contributed by atoms with Gasteiger partial charge in [-0.1, -0.05) is 23.2 Å². The molecule has 0 spiro atoms. The monoisotopic (exact) mass is 396 g/mol. The Bertz CT molecular complexity index is 852. The molecule has 7 nitrogen and oxygen atoms in total. The number of alkyl halides is 3. The molecule has 2 rings (SSSR count). The minimum Gasteiger partial charge on any atom is -0.358 e. The zero-order chi connectivity index (χ0) is 18.9. The summed E-state index contributed by atoms with van der Waals surface area (Å²) in [6.07, 6.45) is -4.60. The number of hydrogen-bond acceptors (Lipinski definition) is 4. The lowest BCUT2D eigenvalue weighted by atomic mass is 10.2. The molecule has 0 unspecified atom stereocenters. The van der Waals surface area contributed by atoms with Crippen LogP contribution in [0, 0.1) is 17.0 Å². The van der Waals surface area contributed by atoms with Crippen LogP contribution >= 0.6 is 23.2 Å². The SMILES string of the molecule is Cc1c(Cl)c([N+](=O)[O-])nn1CC(=O)Nc1cc(C(F)(F)F)ccc1Cl. The highest BCUT2D eigenvalue weighted by Crippen LogP contribution is 2.34. The molecule has 2 aromatic rings. The van der Waals surface area contributed by atoms with Gasteiger partial charge >= 0.3 is 12.0 Å². The highest BCUT2D eigenvalue weighted by atomic mass is 35.5. The van der Waals surface area contributed by atoms with Crippen LogP contribution in [0.25, 0.3) is 0 Å². The first-order chi connectivity index (χ1) is 11.5. The smallest absolute Gasteiger partial charge is 0.358 e. The van der Waals surface area contributed by atoms with E-state index >= 15 is 0 Å². The normalized spacial score (nSPS) is 11.4. The van der Waals surface area contributed by atoms with E-state index in [1.165, 1.54) is 6.92 Å². The quantitative estimate of drug-likeness (QED) is 0.622. The van der Waals surface area contributed by atoms with Crippen LogP contribution in [0.3, 0.4) is 0 Å². The molecule has 1 heterocycles. The molecule has 1 aromatic carbocycles. The van der Waals surface area contributed by atoms with Gasteiger partial charge in [-0.15, -0.1) is 0 Å². The molecule has 0 bridgehead atoms. The predicted octanol–water partition coefficient (Wildman–Crippen LogP) is 4.06. The fourth-order valence-corrected chi connectivity index (χ4v) is 2.27. The van der Waals surface area contributed by atoms with E-state index < -0.39 is 34.9 Å². The number of nitrogens with one attached hydrogen (secondary N) is 1. The maximum absolute atomic E-state index is 12.7. The van der Waals surface area contributed by atoms with Gasteiger partial charge in [0.05, 0.1) is 27.1 Å². The van der Waals surface area contributed by atoms with Gasteiger partial charge in [-0.2, -0.15) is 17.9 Å². The average molecular weight is 397 g/mol. The summed E-state index contributed by atoms with van der Waals surface area (Å²) in [4.78, 5) is 22.0. The second-order valence-electron chi connectivity index (χ2n) is 4.88. The molecule has 0 atom stereocenters. The Morgan fingerprint density at radius 3 is 2.56 bits per heavy atom. The maximum atomic E-state index is 12.7. The number of amides is 1. The molecule has 12 heteroatoms. The van der Waals surface area contributed by atoms with Crippen molar-refractivity contribution in [3.8, 4) is 0 Å². The summed E-state index contributed by atoms with van der Waals surface area (Å²) >= 11 is 11.5. The first kappa shape index (κ1) is 19.0. The molecule has 1 amide bonds. The third-order valence-corrected chi connectivity index (χ3v) is 3.92. The van der Waals surface area contributed by atoms with Crippen LogP contribution in [-0.2, 0) is 17.5 Å². The van der Waals surface area contributed by atoms with Crippen LogP contribution in [0.1, 0.15) is 11.3 Å². The minimum atomic E-state index is -4.60. The Balaban J connectivity index is 2.21. The van der Waals surface area contributed by atoms with Crippen LogP contribution in [0.4, 0.5) is 24.7 Å². The molecular weight excluding hydrogens is 388 g/mol. The van der Waals surface area contributed by atoms with Gasteiger partial charge < -0.3 is 15.4 Å². The lowest BCUT2D eigenvalue weighted by molar-refractivity contribution is -0.389. The van der Waals surface area contributed by atoms with Crippen molar-refractivity contribution in [3.63, 3.8) is 0 Å². The van der Waals surface area contributed by atoms with E-state index in [9.17, 15) is 28.1 Å². The number of hydrogen-bond donors (Lipinski definition) is 1. The van der Waals surface area contributed by atoms with Crippen LogP contribution in [-0.4, -0.2) is 20.6 Å². The van der Waals surface area contributed by atoms with Crippen LogP contribution < -0.4 is 5.32 Å². The number of carbonyl (C=O) groups is 1. The molecule has 0 aliphatic heterocycles. The van der Waals surface area contributed by atoms with E-state index in [-0.39, 0.29) is 21.4 Å². The van der Waals surface area contributed by atoms with Crippen LogP contribution in [0.15, 0.2) is 18.2 Å². The van der Waals surface area contributed by atoms with Crippen molar-refractivity contribution < 1.29 is 22.9 Å². The summed E-state index contributed by atoms with van der Waals surface area (Å²) in [5.74, 6) is -1.40. The fourth-order valence-electron chi connectivity index (χ4n) is 1.90. The van der Waals surface area contributed by atoms with Gasteiger partial charge in [0.15, 0.2) is 5.02 Å². The van der Waals surface area contributed by atoms with Gasteiger partial charge in [-0.25, -0.2) is 0 Å². The molecule has 1 N–H and O–H groups in total. The van der Waals surface area contributed by atoms with E-state index in [1.807, 2.05) is 0 Å². The van der Waals surface area contributed by atoms with Gasteiger partial charge in [-0.3, -0.25) is 4.79 Å². The summed E-state index contributed by atoms with van der Waals surface area (Å²) in [5.41, 5.74) is -1.06. The largest absolute Gasteiger partial charge is 0.416 e. The Labute approximate surface area is 148 Å². The molecule has 1 aromatic heterocycles. The standard InChI is InChI=1S/C13H9Cl2F3N4O3/c1-6-11(15)12(22(24)25)20-21(6)5-10(23)19-9-4-7(13(16,17)18)2-3-8(9)14/h2-4H,5H2,1H3,(H,19,23). The van der Waals surface area contributed by atoms with Crippen molar-refractivity contribution in [2.24, 2.45) is 0 Å². The Kier molecular flexibility index (Phi) is 5.23. The van der Waals surface area contributed by atoms with E-state index in [0.717, 1.165) is 16.8 Å². The summed E-state index contributed by atoms with van der Waals surface area (Å²) in [5, 5.41) is 16.2. The van der Waals surface area contributed by atoms with Crippen molar-refractivity contribution in [3.05, 3.63) is 49.6 Å². The molecule has 0 aliphatic rings. The average Bonchev–Trinajstić information content (AvgIpc) is 2.77. The van der Waals surface area contributed by atoms with Crippen molar-refractivity contribution in [2.45, 2.75) is 19.6 Å². The molecule has 0 radical (unpaired) electrons. The number of nitrogens with zero attached hydrogens (tertiary/aromatic N) is 3. The van der Waals surface area contributed by atoms with E-state index in [2.05, 4.69) is 10.4 Å². The Hall–Kier alpha value is -2.33. The summed E-state index contributed by atoms with van der Waals surface area (Å²) in [6.45, 7) is 0.916. The van der Waals surface area contributed by atoms with Crippen molar-refractivity contribution in [1.82, 2.24) is 9.78 Å². The lowest BCUT2D eigenvalue weighted by Crippen LogP contribution is -2.21. The molecule has 134 valence electrons. The van der Waals surface area contributed by atoms with E-state index in [1.54, 1.807) is 0 Å². The number of halogens is 5. The second-order valence-corrected chi connectivity index (χ2v) is 5.66. The zero-order valence-corrected chi connectivity index (χ0v) is 13.9. The third-order valence-electron chi connectivity index (χ3n) is 3.15. The van der Waals surface area contributed by atoms with E-state index in [4.69, 9.17) is 23.2 Å². The van der Waals surface area contributed by atoms with Crippen molar-refractivity contribution >= 4 is 40.6 Å². The highest BCUT2D eigenvalue weighted by molar-refractivity contribution is 6.34. The summed E-state index contributed by atoms with van der Waals surface area (Å²) in [7, 11) is 0. The molecule has 0 saturated heterocycles. The molecule has 0 saturated carbocycles.